The van der Waals surface area contributed by atoms with Gasteiger partial charge in [-0.3, -0.25) is 9.59 Å². The van der Waals surface area contributed by atoms with Crippen LogP contribution in [-0.4, -0.2) is 56.6 Å². The van der Waals surface area contributed by atoms with E-state index in [1.54, 1.807) is 12.1 Å². The van der Waals surface area contributed by atoms with Crippen molar-refractivity contribution < 1.29 is 36.9 Å². The van der Waals surface area contributed by atoms with Gasteiger partial charge in [-0.1, -0.05) is 12.1 Å². The maximum atomic E-state index is 13.4. The zero-order chi connectivity index (χ0) is 22.6. The second kappa shape index (κ2) is 9.50. The second-order valence-corrected chi connectivity index (χ2v) is 6.87. The molecular weight excluding hydrogens is 421 g/mol. The van der Waals surface area contributed by atoms with Gasteiger partial charge < -0.3 is 29.7 Å². The Labute approximate surface area is 175 Å². The van der Waals surface area contributed by atoms with Crippen LogP contribution >= 0.6 is 0 Å². The van der Waals surface area contributed by atoms with E-state index in [4.69, 9.17) is 24.7 Å². The van der Waals surface area contributed by atoms with Crippen molar-refractivity contribution in [2.24, 2.45) is 5.73 Å². The highest BCUT2D eigenvalue weighted by Gasteiger charge is 2.36. The van der Waals surface area contributed by atoms with E-state index in [2.05, 4.69) is 0 Å². The van der Waals surface area contributed by atoms with Gasteiger partial charge in [0.05, 0.1) is 19.8 Å². The van der Waals surface area contributed by atoms with Gasteiger partial charge in [-0.25, -0.2) is 0 Å². The summed E-state index contributed by atoms with van der Waals surface area (Å²) in [5.74, 6) is -0.730. The molecule has 0 bridgehead atoms. The molecule has 1 aromatic heterocycles. The molecule has 8 nitrogen and oxygen atoms in total. The fourth-order valence-corrected chi connectivity index (χ4v) is 3.13. The van der Waals surface area contributed by atoms with E-state index in [9.17, 15) is 22.8 Å². The number of carbonyl (C=O) groups excluding carboxylic acids is 1. The first-order valence-corrected chi connectivity index (χ1v) is 9.28. The fraction of sp³-hybridized carbons (Fsp3) is 0.400. The lowest BCUT2D eigenvalue weighted by Gasteiger charge is -2.29. The number of carbonyl (C=O) groups is 1. The number of nitrogens with two attached hydrogens (primary N) is 1. The van der Waals surface area contributed by atoms with Gasteiger partial charge in [0.15, 0.2) is 0 Å². The van der Waals surface area contributed by atoms with Gasteiger partial charge in [0.1, 0.15) is 35.8 Å². The SMILES string of the molecule is COC[C@H]1COC[C@H](COc2ccc(-c3cc(C(N)=O)c(=O)[nH]c3C(F)(F)F)cc2)O1. The Kier molecular flexibility index (Phi) is 6.98. The van der Waals surface area contributed by atoms with Crippen LogP contribution in [0.2, 0.25) is 0 Å². The summed E-state index contributed by atoms with van der Waals surface area (Å²) < 4.78 is 62.1. The van der Waals surface area contributed by atoms with Crippen molar-refractivity contribution in [2.45, 2.75) is 18.4 Å². The number of alkyl halides is 3. The minimum absolute atomic E-state index is 0.121. The lowest BCUT2D eigenvalue weighted by atomic mass is 10.0. The van der Waals surface area contributed by atoms with Crippen molar-refractivity contribution in [1.29, 1.82) is 0 Å². The molecule has 1 aliphatic heterocycles. The van der Waals surface area contributed by atoms with Gasteiger partial charge in [-0.2, -0.15) is 13.2 Å². The Balaban J connectivity index is 1.77. The molecule has 168 valence electrons. The number of methoxy groups -OCH3 is 1. The van der Waals surface area contributed by atoms with Crippen molar-refractivity contribution in [2.75, 3.05) is 33.5 Å². The van der Waals surface area contributed by atoms with Crippen LogP contribution in [0, 0.1) is 0 Å². The summed E-state index contributed by atoms with van der Waals surface area (Å²) in [5, 5.41) is 0. The molecular formula is C20H21F3N2O6. The monoisotopic (exact) mass is 442 g/mol. The van der Waals surface area contributed by atoms with Gasteiger partial charge in [0, 0.05) is 12.7 Å². The first kappa shape index (κ1) is 22.8. The molecule has 2 atom stereocenters. The molecule has 1 amide bonds. The average Bonchev–Trinajstić information content (AvgIpc) is 2.72. The molecule has 1 aromatic carbocycles. The van der Waals surface area contributed by atoms with Crippen LogP contribution < -0.4 is 16.0 Å². The number of hydrogen-bond donors (Lipinski definition) is 2. The van der Waals surface area contributed by atoms with Crippen LogP contribution in [-0.2, 0) is 20.4 Å². The molecule has 1 fully saturated rings. The van der Waals surface area contributed by atoms with Crippen LogP contribution in [0.15, 0.2) is 35.1 Å². The number of benzene rings is 1. The third-order valence-electron chi connectivity index (χ3n) is 4.54. The van der Waals surface area contributed by atoms with E-state index in [1.165, 1.54) is 24.3 Å². The minimum Gasteiger partial charge on any atom is -0.491 e. The van der Waals surface area contributed by atoms with E-state index >= 15 is 0 Å². The van der Waals surface area contributed by atoms with Crippen molar-refractivity contribution in [3.05, 3.63) is 51.9 Å². The number of halogens is 3. The predicted octanol–water partition coefficient (Wildman–Crippen LogP) is 1.97. The molecule has 2 aromatic rings. The van der Waals surface area contributed by atoms with Crippen LogP contribution in [0.1, 0.15) is 16.1 Å². The molecule has 0 unspecified atom stereocenters. The van der Waals surface area contributed by atoms with Crippen LogP contribution in [0.25, 0.3) is 11.1 Å². The molecule has 3 rings (SSSR count). The number of H-pyrrole nitrogens is 1. The molecule has 0 saturated carbocycles. The van der Waals surface area contributed by atoms with Gasteiger partial charge in [0.2, 0.25) is 0 Å². The summed E-state index contributed by atoms with van der Waals surface area (Å²) in [6.45, 7) is 1.34. The minimum atomic E-state index is -4.84. The summed E-state index contributed by atoms with van der Waals surface area (Å²) in [4.78, 5) is 24.9. The van der Waals surface area contributed by atoms with Gasteiger partial charge in [-0.15, -0.1) is 0 Å². The van der Waals surface area contributed by atoms with Gasteiger partial charge in [0.25, 0.3) is 11.5 Å². The van der Waals surface area contributed by atoms with Crippen LogP contribution in [0.3, 0.4) is 0 Å². The Morgan fingerprint density at radius 3 is 2.42 bits per heavy atom. The summed E-state index contributed by atoms with van der Waals surface area (Å²) in [7, 11) is 1.56. The normalized spacial score (nSPS) is 19.2. The number of rotatable bonds is 7. The third-order valence-corrected chi connectivity index (χ3v) is 4.54. The largest absolute Gasteiger partial charge is 0.491 e. The van der Waals surface area contributed by atoms with E-state index in [1.807, 2.05) is 0 Å². The number of ether oxygens (including phenoxy) is 4. The molecule has 0 spiro atoms. The number of primary amides is 1. The van der Waals surface area contributed by atoms with Crippen molar-refractivity contribution >= 4 is 5.91 Å². The molecule has 0 aliphatic carbocycles. The molecule has 11 heteroatoms. The number of amides is 1. The molecule has 3 N–H and O–H groups in total. The third kappa shape index (κ3) is 5.63. The Morgan fingerprint density at radius 1 is 1.19 bits per heavy atom. The number of hydrogen-bond acceptors (Lipinski definition) is 6. The first-order valence-electron chi connectivity index (χ1n) is 9.28. The molecule has 1 saturated heterocycles. The van der Waals surface area contributed by atoms with Crippen molar-refractivity contribution in [1.82, 2.24) is 4.98 Å². The van der Waals surface area contributed by atoms with Gasteiger partial charge in [-0.05, 0) is 23.8 Å². The van der Waals surface area contributed by atoms with Crippen LogP contribution in [0.4, 0.5) is 13.2 Å². The van der Waals surface area contributed by atoms with Gasteiger partial charge >= 0.3 is 6.18 Å². The summed E-state index contributed by atoms with van der Waals surface area (Å²) in [5.41, 5.74) is 1.80. The fourth-order valence-electron chi connectivity index (χ4n) is 3.13. The Morgan fingerprint density at radius 2 is 1.84 bits per heavy atom. The summed E-state index contributed by atoms with van der Waals surface area (Å²) in [6, 6.07) is 6.55. The maximum absolute atomic E-state index is 13.4. The highest BCUT2D eigenvalue weighted by atomic mass is 19.4. The number of aromatic nitrogens is 1. The Hall–Kier alpha value is -2.89. The summed E-state index contributed by atoms with van der Waals surface area (Å²) in [6.07, 6.45) is -5.35. The van der Waals surface area contributed by atoms with E-state index in [-0.39, 0.29) is 29.9 Å². The molecule has 2 heterocycles. The van der Waals surface area contributed by atoms with E-state index in [0.717, 1.165) is 6.07 Å². The standard InChI is InChI=1S/C20H21F3N2O6/c1-28-7-13-8-29-9-14(31-13)10-30-12-4-2-11(3-5-12)15-6-16(18(24)26)19(27)25-17(15)20(21,22)23/h2-6,13-14H,7-10H2,1H3,(H2,24,26)(H,25,27)/t13-,14+/m0/s1. The van der Waals surface area contributed by atoms with Crippen molar-refractivity contribution in [3.8, 4) is 16.9 Å². The molecule has 1 aliphatic rings. The summed E-state index contributed by atoms with van der Waals surface area (Å²) >= 11 is 0. The highest BCUT2D eigenvalue weighted by Crippen LogP contribution is 2.35. The van der Waals surface area contributed by atoms with Crippen molar-refractivity contribution in [3.63, 3.8) is 0 Å². The topological polar surface area (TPSA) is 113 Å². The zero-order valence-corrected chi connectivity index (χ0v) is 16.5. The Bertz CT molecular complexity index is 972. The number of aromatic amines is 1. The first-order chi connectivity index (χ1) is 14.7. The predicted molar refractivity (Wildman–Crippen MR) is 103 cm³/mol. The smallest absolute Gasteiger partial charge is 0.431 e. The lowest BCUT2D eigenvalue weighted by molar-refractivity contribution is -0.162. The van der Waals surface area contributed by atoms with Crippen LogP contribution in [0.5, 0.6) is 5.75 Å². The quantitative estimate of drug-likeness (QED) is 0.678. The molecule has 31 heavy (non-hydrogen) atoms. The number of pyridine rings is 1. The zero-order valence-electron chi connectivity index (χ0n) is 16.5. The second-order valence-electron chi connectivity index (χ2n) is 6.87. The lowest BCUT2D eigenvalue weighted by Crippen LogP contribution is -2.41. The van der Waals surface area contributed by atoms with E-state index in [0.29, 0.717) is 25.6 Å². The average molecular weight is 442 g/mol. The highest BCUT2D eigenvalue weighted by molar-refractivity contribution is 5.93. The van der Waals surface area contributed by atoms with E-state index < -0.39 is 28.9 Å². The number of nitrogens with one attached hydrogen (secondary N) is 1. The molecule has 0 radical (unpaired) electrons. The maximum Gasteiger partial charge on any atom is 0.431 e.